The molecule has 0 aliphatic rings. The predicted octanol–water partition coefficient (Wildman–Crippen LogP) is 4.46. The Bertz CT molecular complexity index is 1040. The molecule has 3 aromatic carbocycles. The zero-order chi connectivity index (χ0) is 17.8. The Labute approximate surface area is 150 Å². The minimum Gasteiger partial charge on any atom is -0.339 e. The monoisotopic (exact) mass is 343 g/mol. The Morgan fingerprint density at radius 3 is 2.58 bits per heavy atom. The molecule has 128 valence electrons. The highest BCUT2D eigenvalue weighted by Gasteiger charge is 2.11. The number of fused-ring (bicyclic) bond motifs is 1. The maximum absolute atomic E-state index is 12.3. The third-order valence-electron chi connectivity index (χ3n) is 4.13. The summed E-state index contributed by atoms with van der Waals surface area (Å²) in [6, 6.07) is 23.4. The summed E-state index contributed by atoms with van der Waals surface area (Å²) in [6.45, 7) is 0. The van der Waals surface area contributed by atoms with E-state index in [9.17, 15) is 4.79 Å². The number of amides is 1. The van der Waals surface area contributed by atoms with Crippen LogP contribution in [0.1, 0.15) is 12.3 Å². The van der Waals surface area contributed by atoms with Crippen molar-refractivity contribution in [3.63, 3.8) is 0 Å². The summed E-state index contributed by atoms with van der Waals surface area (Å²) in [7, 11) is 0. The summed E-state index contributed by atoms with van der Waals surface area (Å²) < 4.78 is 5.25. The smallest absolute Gasteiger partial charge is 0.227 e. The van der Waals surface area contributed by atoms with E-state index in [1.807, 2.05) is 72.8 Å². The highest BCUT2D eigenvalue weighted by Crippen LogP contribution is 2.23. The number of aryl methyl sites for hydroxylation is 1. The summed E-state index contributed by atoms with van der Waals surface area (Å²) in [5, 5.41) is 9.05. The molecule has 1 N–H and O–H groups in total. The predicted molar refractivity (Wildman–Crippen MR) is 101 cm³/mol. The molecule has 0 saturated carbocycles. The van der Waals surface area contributed by atoms with Crippen LogP contribution in [0.3, 0.4) is 0 Å². The standard InChI is InChI=1S/C21H17N3O2/c25-19(22-18-12-6-10-15-7-4-5-11-17(15)18)13-14-20-23-21(24-26-20)16-8-2-1-3-9-16/h1-12H,13-14H2,(H,22,25). The molecule has 0 fully saturated rings. The van der Waals surface area contributed by atoms with Gasteiger partial charge in [-0.1, -0.05) is 71.9 Å². The summed E-state index contributed by atoms with van der Waals surface area (Å²) in [5.41, 5.74) is 1.70. The van der Waals surface area contributed by atoms with Gasteiger partial charge in [0.05, 0.1) is 0 Å². The molecule has 4 aromatic rings. The Kier molecular flexibility index (Phi) is 4.43. The van der Waals surface area contributed by atoms with Crippen molar-refractivity contribution in [1.29, 1.82) is 0 Å². The molecule has 0 bridgehead atoms. The van der Waals surface area contributed by atoms with Crippen LogP contribution in [0.25, 0.3) is 22.2 Å². The van der Waals surface area contributed by atoms with Gasteiger partial charge >= 0.3 is 0 Å². The van der Waals surface area contributed by atoms with Crippen molar-refractivity contribution in [3.05, 3.63) is 78.7 Å². The first-order chi connectivity index (χ1) is 12.8. The van der Waals surface area contributed by atoms with Gasteiger partial charge in [-0.3, -0.25) is 4.79 Å². The molecule has 0 aliphatic heterocycles. The van der Waals surface area contributed by atoms with Crippen LogP contribution in [0.5, 0.6) is 0 Å². The fraction of sp³-hybridized carbons (Fsp3) is 0.0952. The van der Waals surface area contributed by atoms with E-state index in [4.69, 9.17) is 4.52 Å². The fourth-order valence-electron chi connectivity index (χ4n) is 2.83. The van der Waals surface area contributed by atoms with E-state index in [0.717, 1.165) is 22.0 Å². The first-order valence-corrected chi connectivity index (χ1v) is 8.45. The van der Waals surface area contributed by atoms with Gasteiger partial charge in [-0.25, -0.2) is 0 Å². The van der Waals surface area contributed by atoms with E-state index in [0.29, 0.717) is 18.1 Å². The van der Waals surface area contributed by atoms with Crippen molar-refractivity contribution in [2.75, 3.05) is 5.32 Å². The van der Waals surface area contributed by atoms with Gasteiger partial charge in [-0.2, -0.15) is 4.98 Å². The largest absolute Gasteiger partial charge is 0.339 e. The van der Waals surface area contributed by atoms with Gasteiger partial charge in [0, 0.05) is 29.5 Å². The molecule has 5 heteroatoms. The number of aromatic nitrogens is 2. The zero-order valence-corrected chi connectivity index (χ0v) is 14.1. The minimum atomic E-state index is -0.0826. The number of nitrogens with zero attached hydrogens (tertiary/aromatic N) is 2. The van der Waals surface area contributed by atoms with Gasteiger partial charge < -0.3 is 9.84 Å². The fourth-order valence-corrected chi connectivity index (χ4v) is 2.83. The highest BCUT2D eigenvalue weighted by molar-refractivity contribution is 6.02. The van der Waals surface area contributed by atoms with Crippen LogP contribution in [-0.2, 0) is 11.2 Å². The van der Waals surface area contributed by atoms with Crippen LogP contribution in [-0.4, -0.2) is 16.0 Å². The van der Waals surface area contributed by atoms with Crippen LogP contribution in [0.15, 0.2) is 77.3 Å². The SMILES string of the molecule is O=C(CCc1nc(-c2ccccc2)no1)Nc1cccc2ccccc12. The van der Waals surface area contributed by atoms with Crippen molar-refractivity contribution in [3.8, 4) is 11.4 Å². The zero-order valence-electron chi connectivity index (χ0n) is 14.1. The van der Waals surface area contributed by atoms with Crippen molar-refractivity contribution in [2.45, 2.75) is 12.8 Å². The van der Waals surface area contributed by atoms with Crippen LogP contribution in [0.4, 0.5) is 5.69 Å². The van der Waals surface area contributed by atoms with E-state index >= 15 is 0 Å². The van der Waals surface area contributed by atoms with E-state index in [2.05, 4.69) is 15.5 Å². The number of nitrogens with one attached hydrogen (secondary N) is 1. The normalized spacial score (nSPS) is 10.8. The summed E-state index contributed by atoms with van der Waals surface area (Å²) in [4.78, 5) is 16.7. The Hall–Kier alpha value is -3.47. The Morgan fingerprint density at radius 2 is 1.69 bits per heavy atom. The molecule has 0 unspecified atom stereocenters. The molecule has 0 atom stereocenters. The summed E-state index contributed by atoms with van der Waals surface area (Å²) >= 11 is 0. The topological polar surface area (TPSA) is 68.0 Å². The van der Waals surface area contributed by atoms with E-state index in [-0.39, 0.29) is 12.3 Å². The van der Waals surface area contributed by atoms with E-state index < -0.39 is 0 Å². The lowest BCUT2D eigenvalue weighted by molar-refractivity contribution is -0.116. The van der Waals surface area contributed by atoms with Gasteiger partial charge in [-0.05, 0) is 11.5 Å². The molecule has 1 aromatic heterocycles. The number of anilines is 1. The third-order valence-corrected chi connectivity index (χ3v) is 4.13. The third kappa shape index (κ3) is 3.47. The maximum atomic E-state index is 12.3. The van der Waals surface area contributed by atoms with E-state index in [1.54, 1.807) is 0 Å². The lowest BCUT2D eigenvalue weighted by Crippen LogP contribution is -2.12. The molecule has 0 radical (unpaired) electrons. The van der Waals surface area contributed by atoms with Gasteiger partial charge in [0.25, 0.3) is 0 Å². The molecule has 5 nitrogen and oxygen atoms in total. The Balaban J connectivity index is 1.41. The molecule has 0 spiro atoms. The van der Waals surface area contributed by atoms with Crippen molar-refractivity contribution in [2.24, 2.45) is 0 Å². The first kappa shape index (κ1) is 16.0. The number of carbonyl (C=O) groups excluding carboxylic acids is 1. The average molecular weight is 343 g/mol. The van der Waals surface area contributed by atoms with Crippen LogP contribution >= 0.6 is 0 Å². The summed E-state index contributed by atoms with van der Waals surface area (Å²) in [6.07, 6.45) is 0.677. The number of hydrogen-bond acceptors (Lipinski definition) is 4. The molecular weight excluding hydrogens is 326 g/mol. The quantitative estimate of drug-likeness (QED) is 0.581. The second-order valence-electron chi connectivity index (χ2n) is 5.95. The van der Waals surface area contributed by atoms with Gasteiger partial charge in [0.15, 0.2) is 0 Å². The van der Waals surface area contributed by atoms with Crippen molar-refractivity contribution < 1.29 is 9.32 Å². The lowest BCUT2D eigenvalue weighted by atomic mass is 10.1. The van der Waals surface area contributed by atoms with Gasteiger partial charge in [0.1, 0.15) is 0 Å². The maximum Gasteiger partial charge on any atom is 0.227 e. The second kappa shape index (κ2) is 7.19. The van der Waals surface area contributed by atoms with Crippen LogP contribution in [0, 0.1) is 0 Å². The number of benzene rings is 3. The first-order valence-electron chi connectivity index (χ1n) is 8.45. The van der Waals surface area contributed by atoms with Crippen molar-refractivity contribution >= 4 is 22.4 Å². The van der Waals surface area contributed by atoms with Crippen molar-refractivity contribution in [1.82, 2.24) is 10.1 Å². The molecule has 4 rings (SSSR count). The molecular formula is C21H17N3O2. The van der Waals surface area contributed by atoms with Gasteiger partial charge in [0.2, 0.25) is 17.6 Å². The number of rotatable bonds is 5. The van der Waals surface area contributed by atoms with Crippen LogP contribution < -0.4 is 5.32 Å². The van der Waals surface area contributed by atoms with E-state index in [1.165, 1.54) is 0 Å². The summed E-state index contributed by atoms with van der Waals surface area (Å²) in [5.74, 6) is 0.910. The average Bonchev–Trinajstić information content (AvgIpc) is 3.17. The molecule has 0 saturated heterocycles. The highest BCUT2D eigenvalue weighted by atomic mass is 16.5. The molecule has 1 amide bonds. The molecule has 26 heavy (non-hydrogen) atoms. The Morgan fingerprint density at radius 1 is 0.923 bits per heavy atom. The van der Waals surface area contributed by atoms with Gasteiger partial charge in [-0.15, -0.1) is 0 Å². The molecule has 0 aliphatic carbocycles. The lowest BCUT2D eigenvalue weighted by Gasteiger charge is -2.08. The second-order valence-corrected chi connectivity index (χ2v) is 5.95. The van der Waals surface area contributed by atoms with Crippen LogP contribution in [0.2, 0.25) is 0 Å². The number of carbonyl (C=O) groups is 1. The minimum absolute atomic E-state index is 0.0826. The molecule has 1 heterocycles. The number of hydrogen-bond donors (Lipinski definition) is 1.